The van der Waals surface area contributed by atoms with Crippen LogP contribution in [0.5, 0.6) is 0 Å². The van der Waals surface area contributed by atoms with E-state index in [2.05, 4.69) is 36.1 Å². The molecule has 0 aromatic heterocycles. The van der Waals surface area contributed by atoms with Crippen molar-refractivity contribution in [1.29, 1.82) is 0 Å². The third-order valence-corrected chi connectivity index (χ3v) is 3.13. The Balaban J connectivity index is 1.76. The summed E-state index contributed by atoms with van der Waals surface area (Å²) in [5.41, 5.74) is 2.89. The predicted octanol–water partition coefficient (Wildman–Crippen LogP) is 2.87. The van der Waals surface area contributed by atoms with Gasteiger partial charge in [-0.15, -0.1) is 0 Å². The van der Waals surface area contributed by atoms with Crippen molar-refractivity contribution in [3.63, 3.8) is 0 Å². The van der Waals surface area contributed by atoms with Crippen molar-refractivity contribution in [2.75, 3.05) is 31.2 Å². The summed E-state index contributed by atoms with van der Waals surface area (Å²) < 4.78 is 5.61. The van der Waals surface area contributed by atoms with E-state index in [1.807, 2.05) is 0 Å². The molecule has 2 heteroatoms. The molecular formula is C14H21NO. The van der Waals surface area contributed by atoms with Gasteiger partial charge in [0, 0.05) is 25.4 Å². The summed E-state index contributed by atoms with van der Waals surface area (Å²) >= 11 is 0. The van der Waals surface area contributed by atoms with Gasteiger partial charge in [-0.05, 0) is 24.5 Å². The molecule has 0 atom stereocenters. The fourth-order valence-electron chi connectivity index (χ4n) is 2.16. The van der Waals surface area contributed by atoms with Crippen molar-refractivity contribution in [3.05, 3.63) is 29.8 Å². The van der Waals surface area contributed by atoms with Crippen LogP contribution < -0.4 is 4.90 Å². The van der Waals surface area contributed by atoms with E-state index in [1.165, 1.54) is 30.5 Å². The molecular weight excluding hydrogens is 198 g/mol. The fraction of sp³-hybridized carbons (Fsp3) is 0.571. The van der Waals surface area contributed by atoms with Crippen LogP contribution in [0.3, 0.4) is 0 Å². The lowest BCUT2D eigenvalue weighted by Gasteiger charge is -2.19. The van der Waals surface area contributed by atoms with Crippen LogP contribution in [0.4, 0.5) is 5.69 Å². The first kappa shape index (κ1) is 11.5. The second-order valence-corrected chi connectivity index (χ2v) is 4.33. The van der Waals surface area contributed by atoms with Gasteiger partial charge in [0.2, 0.25) is 0 Å². The molecule has 0 saturated heterocycles. The maximum absolute atomic E-state index is 5.61. The van der Waals surface area contributed by atoms with Crippen LogP contribution >= 0.6 is 0 Å². The van der Waals surface area contributed by atoms with E-state index in [9.17, 15) is 0 Å². The smallest absolute Gasteiger partial charge is 0.0641 e. The quantitative estimate of drug-likeness (QED) is 0.682. The van der Waals surface area contributed by atoms with E-state index in [0.717, 1.165) is 26.3 Å². The first-order valence-corrected chi connectivity index (χ1v) is 6.32. The molecule has 0 saturated carbocycles. The van der Waals surface area contributed by atoms with E-state index in [-0.39, 0.29) is 0 Å². The van der Waals surface area contributed by atoms with Gasteiger partial charge in [-0.25, -0.2) is 0 Å². The van der Waals surface area contributed by atoms with Crippen molar-refractivity contribution >= 4 is 5.69 Å². The molecule has 1 aliphatic rings. The molecule has 1 aromatic rings. The molecule has 2 nitrogen and oxygen atoms in total. The number of fused-ring (bicyclic) bond motifs is 1. The molecule has 1 aliphatic heterocycles. The van der Waals surface area contributed by atoms with E-state index < -0.39 is 0 Å². The summed E-state index contributed by atoms with van der Waals surface area (Å²) in [6.07, 6.45) is 3.58. The summed E-state index contributed by atoms with van der Waals surface area (Å²) in [5.74, 6) is 0. The largest absolute Gasteiger partial charge is 0.380 e. The van der Waals surface area contributed by atoms with Gasteiger partial charge in [0.1, 0.15) is 0 Å². The molecule has 1 heterocycles. The molecule has 0 amide bonds. The number of rotatable bonds is 6. The molecule has 2 rings (SSSR count). The Morgan fingerprint density at radius 2 is 2.12 bits per heavy atom. The second kappa shape index (κ2) is 5.90. The minimum atomic E-state index is 0.855. The highest BCUT2D eigenvalue weighted by molar-refractivity contribution is 5.57. The average Bonchev–Trinajstić information content (AvgIpc) is 2.73. The minimum absolute atomic E-state index is 0.855. The minimum Gasteiger partial charge on any atom is -0.380 e. The second-order valence-electron chi connectivity index (χ2n) is 4.33. The lowest BCUT2D eigenvalue weighted by molar-refractivity contribution is 0.137. The Hall–Kier alpha value is -1.02. The van der Waals surface area contributed by atoms with Gasteiger partial charge in [-0.1, -0.05) is 31.5 Å². The molecule has 0 fully saturated rings. The number of anilines is 1. The maximum atomic E-state index is 5.61. The van der Waals surface area contributed by atoms with E-state index in [1.54, 1.807) is 0 Å². The average molecular weight is 219 g/mol. The number of unbranched alkanes of at least 4 members (excludes halogenated alkanes) is 1. The first-order valence-electron chi connectivity index (χ1n) is 6.32. The van der Waals surface area contributed by atoms with Crippen molar-refractivity contribution in [3.8, 4) is 0 Å². The Kier molecular flexibility index (Phi) is 4.23. The van der Waals surface area contributed by atoms with E-state index in [4.69, 9.17) is 4.74 Å². The third-order valence-electron chi connectivity index (χ3n) is 3.13. The summed E-state index contributed by atoms with van der Waals surface area (Å²) in [4.78, 5) is 2.43. The fourth-order valence-corrected chi connectivity index (χ4v) is 2.16. The topological polar surface area (TPSA) is 12.5 Å². The van der Waals surface area contributed by atoms with Gasteiger partial charge in [0.05, 0.1) is 6.61 Å². The van der Waals surface area contributed by atoms with E-state index >= 15 is 0 Å². The predicted molar refractivity (Wildman–Crippen MR) is 68.1 cm³/mol. The van der Waals surface area contributed by atoms with Crippen LogP contribution in [-0.2, 0) is 11.2 Å². The Morgan fingerprint density at radius 3 is 3.00 bits per heavy atom. The Labute approximate surface area is 98.2 Å². The SMILES string of the molecule is CCCCOCCN1CCc2ccccc21. The first-order chi connectivity index (χ1) is 7.92. The Morgan fingerprint density at radius 1 is 1.25 bits per heavy atom. The van der Waals surface area contributed by atoms with Crippen LogP contribution in [0.2, 0.25) is 0 Å². The highest BCUT2D eigenvalue weighted by Crippen LogP contribution is 2.26. The molecule has 88 valence electrons. The van der Waals surface area contributed by atoms with Crippen LogP contribution in [0.15, 0.2) is 24.3 Å². The zero-order valence-electron chi connectivity index (χ0n) is 10.1. The normalized spacial score (nSPS) is 14.2. The zero-order chi connectivity index (χ0) is 11.2. The van der Waals surface area contributed by atoms with Crippen LogP contribution in [0.1, 0.15) is 25.3 Å². The lowest BCUT2D eigenvalue weighted by atomic mass is 10.2. The number of para-hydroxylation sites is 1. The van der Waals surface area contributed by atoms with Gasteiger partial charge >= 0.3 is 0 Å². The molecule has 0 radical (unpaired) electrons. The van der Waals surface area contributed by atoms with Crippen LogP contribution in [0.25, 0.3) is 0 Å². The van der Waals surface area contributed by atoms with Gasteiger partial charge < -0.3 is 9.64 Å². The summed E-state index contributed by atoms with van der Waals surface area (Å²) in [6, 6.07) is 8.69. The zero-order valence-corrected chi connectivity index (χ0v) is 10.1. The highest BCUT2D eigenvalue weighted by Gasteiger charge is 2.17. The van der Waals surface area contributed by atoms with Crippen molar-refractivity contribution < 1.29 is 4.74 Å². The van der Waals surface area contributed by atoms with Gasteiger partial charge in [0.25, 0.3) is 0 Å². The highest BCUT2D eigenvalue weighted by atomic mass is 16.5. The number of hydrogen-bond acceptors (Lipinski definition) is 2. The number of benzene rings is 1. The molecule has 0 bridgehead atoms. The summed E-state index contributed by atoms with van der Waals surface area (Å²) in [5, 5.41) is 0. The van der Waals surface area contributed by atoms with Crippen molar-refractivity contribution in [1.82, 2.24) is 0 Å². The molecule has 0 N–H and O–H groups in total. The van der Waals surface area contributed by atoms with Crippen molar-refractivity contribution in [2.24, 2.45) is 0 Å². The third kappa shape index (κ3) is 2.76. The van der Waals surface area contributed by atoms with Crippen LogP contribution in [0, 0.1) is 0 Å². The maximum Gasteiger partial charge on any atom is 0.0641 e. The number of hydrogen-bond donors (Lipinski definition) is 0. The van der Waals surface area contributed by atoms with Gasteiger partial charge in [0.15, 0.2) is 0 Å². The lowest BCUT2D eigenvalue weighted by Crippen LogP contribution is -2.25. The van der Waals surface area contributed by atoms with Gasteiger partial charge in [-0.2, -0.15) is 0 Å². The van der Waals surface area contributed by atoms with Crippen LogP contribution in [-0.4, -0.2) is 26.3 Å². The molecule has 0 spiro atoms. The molecule has 0 aliphatic carbocycles. The summed E-state index contributed by atoms with van der Waals surface area (Å²) in [7, 11) is 0. The number of nitrogens with zero attached hydrogens (tertiary/aromatic N) is 1. The standard InChI is InChI=1S/C14H21NO/c1-2-3-11-16-12-10-15-9-8-13-6-4-5-7-14(13)15/h4-7H,2-3,8-12H2,1H3. The molecule has 1 aromatic carbocycles. The van der Waals surface area contributed by atoms with E-state index in [0.29, 0.717) is 0 Å². The monoisotopic (exact) mass is 219 g/mol. The Bertz CT molecular complexity index is 324. The molecule has 16 heavy (non-hydrogen) atoms. The van der Waals surface area contributed by atoms with Gasteiger partial charge in [-0.3, -0.25) is 0 Å². The molecule has 0 unspecified atom stereocenters. The van der Waals surface area contributed by atoms with Crippen molar-refractivity contribution in [2.45, 2.75) is 26.2 Å². The number of ether oxygens (including phenoxy) is 1. The summed E-state index contributed by atoms with van der Waals surface area (Å²) in [6.45, 7) is 6.14.